The molecule has 0 radical (unpaired) electrons. The number of hydrogen-bond acceptors (Lipinski definition) is 5. The molecule has 1 aromatic rings. The number of aromatic nitrogens is 1. The fourth-order valence-corrected chi connectivity index (χ4v) is 4.06. The van der Waals surface area contributed by atoms with Crippen LogP contribution < -0.4 is 10.4 Å². The first-order chi connectivity index (χ1) is 13.1. The molecule has 2 fully saturated rings. The second-order valence-electron chi connectivity index (χ2n) is 7.64. The van der Waals surface area contributed by atoms with Gasteiger partial charge < -0.3 is 14.6 Å². The number of hydrogen-bond donors (Lipinski definition) is 1. The molecule has 0 aromatic carbocycles. The lowest BCUT2D eigenvalue weighted by Gasteiger charge is -2.35. The summed E-state index contributed by atoms with van der Waals surface area (Å²) in [4.78, 5) is 37.2. The number of nitrogens with zero attached hydrogens (tertiary/aromatic N) is 3. The number of hydroxylamine groups is 1. The van der Waals surface area contributed by atoms with Gasteiger partial charge in [-0.3, -0.25) is 4.98 Å². The van der Waals surface area contributed by atoms with E-state index in [0.29, 0.717) is 31.3 Å². The SMILES string of the molecule is CC(CC(=O)ONC(=O)N1CCN(c2ccncc2)CC1)C1CCCCC1. The lowest BCUT2D eigenvalue weighted by Crippen LogP contribution is -2.52. The Labute approximate surface area is 161 Å². The predicted molar refractivity (Wildman–Crippen MR) is 103 cm³/mol. The molecule has 27 heavy (non-hydrogen) atoms. The van der Waals surface area contributed by atoms with Gasteiger partial charge in [0.15, 0.2) is 0 Å². The quantitative estimate of drug-likeness (QED) is 0.820. The smallest absolute Gasteiger partial charge is 0.350 e. The number of amides is 2. The second kappa shape index (κ2) is 9.58. The number of carbonyl (C=O) groups is 2. The van der Waals surface area contributed by atoms with Crippen molar-refractivity contribution in [2.24, 2.45) is 11.8 Å². The van der Waals surface area contributed by atoms with Crippen LogP contribution in [0.5, 0.6) is 0 Å². The van der Waals surface area contributed by atoms with Gasteiger partial charge in [-0.2, -0.15) is 5.48 Å². The summed E-state index contributed by atoms with van der Waals surface area (Å²) in [5.74, 6) is 0.554. The Morgan fingerprint density at radius 1 is 1.15 bits per heavy atom. The minimum Gasteiger partial charge on any atom is -0.368 e. The van der Waals surface area contributed by atoms with E-state index in [1.807, 2.05) is 12.1 Å². The van der Waals surface area contributed by atoms with Crippen LogP contribution in [-0.2, 0) is 9.63 Å². The average molecular weight is 374 g/mol. The highest BCUT2D eigenvalue weighted by Crippen LogP contribution is 2.31. The summed E-state index contributed by atoms with van der Waals surface area (Å²) < 4.78 is 0. The Balaban J connectivity index is 1.36. The third-order valence-electron chi connectivity index (χ3n) is 5.79. The molecule has 1 N–H and O–H groups in total. The lowest BCUT2D eigenvalue weighted by atomic mass is 9.79. The van der Waals surface area contributed by atoms with Crippen molar-refractivity contribution in [2.45, 2.75) is 45.4 Å². The Kier molecular flexibility index (Phi) is 6.90. The van der Waals surface area contributed by atoms with Gasteiger partial charge in [-0.25, -0.2) is 9.59 Å². The maximum Gasteiger partial charge on any atom is 0.350 e. The van der Waals surface area contributed by atoms with E-state index in [9.17, 15) is 9.59 Å². The molecule has 1 aliphatic heterocycles. The van der Waals surface area contributed by atoms with Gasteiger partial charge in [0.1, 0.15) is 0 Å². The van der Waals surface area contributed by atoms with Crippen molar-refractivity contribution in [3.8, 4) is 0 Å². The molecule has 1 unspecified atom stereocenters. The number of urea groups is 1. The van der Waals surface area contributed by atoms with E-state index in [-0.39, 0.29) is 12.0 Å². The number of rotatable bonds is 4. The van der Waals surface area contributed by atoms with Crippen molar-refractivity contribution in [1.29, 1.82) is 0 Å². The van der Waals surface area contributed by atoms with Gasteiger partial charge in [0, 0.05) is 44.3 Å². The second-order valence-corrected chi connectivity index (χ2v) is 7.64. The number of anilines is 1. The maximum atomic E-state index is 12.2. The molecule has 148 valence electrons. The van der Waals surface area contributed by atoms with Crippen LogP contribution in [0.1, 0.15) is 45.4 Å². The van der Waals surface area contributed by atoms with E-state index in [1.165, 1.54) is 32.1 Å². The van der Waals surface area contributed by atoms with Crippen molar-refractivity contribution in [1.82, 2.24) is 15.4 Å². The predicted octanol–water partition coefficient (Wildman–Crippen LogP) is 2.98. The molecule has 1 aromatic heterocycles. The van der Waals surface area contributed by atoms with E-state index >= 15 is 0 Å². The first-order valence-electron chi connectivity index (χ1n) is 10.0. The molecule has 7 nitrogen and oxygen atoms in total. The lowest BCUT2D eigenvalue weighted by molar-refractivity contribution is -0.150. The monoisotopic (exact) mass is 374 g/mol. The fraction of sp³-hybridized carbons (Fsp3) is 0.650. The van der Waals surface area contributed by atoms with Crippen molar-refractivity contribution in [3.63, 3.8) is 0 Å². The summed E-state index contributed by atoms with van der Waals surface area (Å²) in [5.41, 5.74) is 3.43. The third-order valence-corrected chi connectivity index (χ3v) is 5.79. The van der Waals surface area contributed by atoms with E-state index in [1.54, 1.807) is 17.3 Å². The molecule has 0 spiro atoms. The van der Waals surface area contributed by atoms with Crippen LogP contribution in [0.4, 0.5) is 10.5 Å². The number of piperazine rings is 1. The van der Waals surface area contributed by atoms with Crippen LogP contribution >= 0.6 is 0 Å². The van der Waals surface area contributed by atoms with Gasteiger partial charge in [-0.15, -0.1) is 0 Å². The van der Waals surface area contributed by atoms with Crippen molar-refractivity contribution >= 4 is 17.7 Å². The van der Waals surface area contributed by atoms with Crippen LogP contribution in [0, 0.1) is 11.8 Å². The largest absolute Gasteiger partial charge is 0.368 e. The van der Waals surface area contributed by atoms with E-state index in [2.05, 4.69) is 22.3 Å². The molecule has 2 aliphatic rings. The fourth-order valence-electron chi connectivity index (χ4n) is 4.06. The normalized spacial score (nSPS) is 19.4. The highest BCUT2D eigenvalue weighted by molar-refractivity contribution is 5.77. The zero-order chi connectivity index (χ0) is 19.1. The number of nitrogens with one attached hydrogen (secondary N) is 1. The minimum atomic E-state index is -0.350. The van der Waals surface area contributed by atoms with E-state index in [0.717, 1.165) is 18.8 Å². The third kappa shape index (κ3) is 5.58. The Morgan fingerprint density at radius 2 is 1.81 bits per heavy atom. The molecule has 1 atom stereocenters. The van der Waals surface area contributed by atoms with Crippen molar-refractivity contribution in [2.75, 3.05) is 31.1 Å². The standard InChI is InChI=1S/C20H30N4O3/c1-16(17-5-3-2-4-6-17)15-19(25)27-22-20(26)24-13-11-23(12-14-24)18-7-9-21-10-8-18/h7-10,16-17H,2-6,11-15H2,1H3,(H,22,26). The number of carbonyl (C=O) groups excluding carboxylic acids is 2. The molecule has 2 heterocycles. The molecule has 7 heteroatoms. The van der Waals surface area contributed by atoms with E-state index < -0.39 is 0 Å². The summed E-state index contributed by atoms with van der Waals surface area (Å²) in [6.45, 7) is 4.76. The summed E-state index contributed by atoms with van der Waals surface area (Å²) >= 11 is 0. The topological polar surface area (TPSA) is 74.8 Å². The van der Waals surface area contributed by atoms with Crippen LogP contribution in [0.2, 0.25) is 0 Å². The molecule has 0 bridgehead atoms. The van der Waals surface area contributed by atoms with Crippen LogP contribution in [0.15, 0.2) is 24.5 Å². The molecule has 3 rings (SSSR count). The summed E-state index contributed by atoms with van der Waals surface area (Å²) in [6, 6.07) is 3.58. The highest BCUT2D eigenvalue weighted by atomic mass is 16.7. The molecule has 1 aliphatic carbocycles. The van der Waals surface area contributed by atoms with E-state index in [4.69, 9.17) is 4.84 Å². The molecular weight excluding hydrogens is 344 g/mol. The first kappa shape index (κ1) is 19.5. The Hall–Kier alpha value is -2.31. The van der Waals surface area contributed by atoms with Gasteiger partial charge in [0.2, 0.25) is 0 Å². The zero-order valence-electron chi connectivity index (χ0n) is 16.1. The van der Waals surface area contributed by atoms with Crippen LogP contribution in [0.3, 0.4) is 0 Å². The Morgan fingerprint density at radius 3 is 2.48 bits per heavy atom. The minimum absolute atomic E-state index is 0.304. The van der Waals surface area contributed by atoms with Crippen molar-refractivity contribution in [3.05, 3.63) is 24.5 Å². The number of pyridine rings is 1. The highest BCUT2D eigenvalue weighted by Gasteiger charge is 2.25. The van der Waals surface area contributed by atoms with Gasteiger partial charge in [-0.05, 0) is 24.0 Å². The summed E-state index contributed by atoms with van der Waals surface area (Å²) in [5, 5.41) is 0. The van der Waals surface area contributed by atoms with Crippen LogP contribution in [0.25, 0.3) is 0 Å². The molecule has 1 saturated carbocycles. The van der Waals surface area contributed by atoms with Gasteiger partial charge in [0.25, 0.3) is 0 Å². The van der Waals surface area contributed by atoms with Crippen molar-refractivity contribution < 1.29 is 14.4 Å². The summed E-state index contributed by atoms with van der Waals surface area (Å²) in [7, 11) is 0. The molecule has 2 amide bonds. The molecule has 1 saturated heterocycles. The Bertz CT molecular complexity index is 611. The summed E-state index contributed by atoms with van der Waals surface area (Å²) in [6.07, 6.45) is 10.1. The maximum absolute atomic E-state index is 12.2. The molecular formula is C20H30N4O3. The van der Waals surface area contributed by atoms with Crippen LogP contribution in [-0.4, -0.2) is 48.1 Å². The zero-order valence-corrected chi connectivity index (χ0v) is 16.1. The first-order valence-corrected chi connectivity index (χ1v) is 10.0. The average Bonchev–Trinajstić information content (AvgIpc) is 2.73. The van der Waals surface area contributed by atoms with Gasteiger partial charge >= 0.3 is 12.0 Å². The van der Waals surface area contributed by atoms with Gasteiger partial charge in [-0.1, -0.05) is 39.0 Å². The van der Waals surface area contributed by atoms with Gasteiger partial charge in [0.05, 0.1) is 6.42 Å².